The quantitative estimate of drug-likeness (QED) is 0.00863. The third kappa shape index (κ3) is 30.0. The molecule has 8 atom stereocenters. The molecule has 1 unspecified atom stereocenters. The van der Waals surface area contributed by atoms with E-state index >= 15 is 0 Å². The first-order chi connectivity index (χ1) is 57.1. The monoisotopic (exact) mass is 1630 g/mol. The second-order valence-electron chi connectivity index (χ2n) is 25.7. The molecule has 6 aromatic rings. The Bertz CT molecular complexity index is 4260. The summed E-state index contributed by atoms with van der Waals surface area (Å²) in [6, 6.07) is 37.5. The minimum Gasteiger partial charge on any atom is -0.494 e. The number of carbonyl (C=O) groups excluding carboxylic acids is 12. The zero-order valence-electron chi connectivity index (χ0n) is 64.8. The van der Waals surface area contributed by atoms with Crippen LogP contribution in [0.4, 0.5) is 9.59 Å². The molecule has 118 heavy (non-hydrogen) atoms. The van der Waals surface area contributed by atoms with Gasteiger partial charge >= 0.3 is 72.0 Å². The summed E-state index contributed by atoms with van der Waals surface area (Å²) in [7, 11) is 1.28. The number of aryl methyl sites for hydroxylation is 1. The Hall–Kier alpha value is -13.0. The molecule has 6 aromatic carbocycles. The van der Waals surface area contributed by atoms with Crippen molar-refractivity contribution in [3.63, 3.8) is 0 Å². The van der Waals surface area contributed by atoms with Crippen molar-refractivity contribution in [2.45, 2.75) is 107 Å². The van der Waals surface area contributed by atoms with Gasteiger partial charge < -0.3 is 94.7 Å². The van der Waals surface area contributed by atoms with E-state index in [1.807, 2.05) is 19.1 Å². The van der Waals surface area contributed by atoms with Crippen LogP contribution in [0.3, 0.4) is 0 Å². The maximum absolute atomic E-state index is 12.9. The summed E-state index contributed by atoms with van der Waals surface area (Å²) in [6.07, 6.45) is 2.43. The van der Waals surface area contributed by atoms with Crippen molar-refractivity contribution < 1.29 is 152 Å². The van der Waals surface area contributed by atoms with Crippen molar-refractivity contribution >= 4 is 72.0 Å². The summed E-state index contributed by atoms with van der Waals surface area (Å²) in [5, 5.41) is 0. The van der Waals surface area contributed by atoms with Gasteiger partial charge in [0.25, 0.3) is 0 Å². The number of fused-ring (bicyclic) bond motifs is 2. The lowest BCUT2D eigenvalue weighted by Gasteiger charge is -2.17. The van der Waals surface area contributed by atoms with Crippen LogP contribution in [0.5, 0.6) is 28.7 Å². The van der Waals surface area contributed by atoms with Crippen molar-refractivity contribution in [3.8, 4) is 28.7 Å². The first-order valence-corrected chi connectivity index (χ1v) is 37.4. The number of ether oxygens (including phenoxy) is 20. The average molecular weight is 1640 g/mol. The van der Waals surface area contributed by atoms with E-state index < -0.39 is 121 Å². The van der Waals surface area contributed by atoms with Crippen LogP contribution in [0.15, 0.2) is 196 Å². The number of unbranched alkanes of at least 4 members (excludes halogenated alkanes) is 4. The van der Waals surface area contributed by atoms with E-state index in [0.29, 0.717) is 112 Å². The molecule has 0 bridgehead atoms. The molecule has 4 saturated heterocycles. The molecule has 0 spiro atoms. The molecule has 4 fully saturated rings. The van der Waals surface area contributed by atoms with Crippen molar-refractivity contribution in [2.75, 3.05) is 86.4 Å². The van der Waals surface area contributed by atoms with E-state index in [0.717, 1.165) is 29.9 Å². The standard InChI is InChI=1S/C36H34O13.C34H38O12.C16H18O7/c1-3-30(37)42-18-4-5-19-43-36(41)47-27-16-12-24(13-17-27)33(38)46-26-14-10-25(11-15-26)35(40)49-29-21-45-31-28(20-44-32(29)31)48-34(39)23-8-6-22(2)7-9-23;1-3-29(35)41-19-7-5-17-39-25-13-9-23(10-14-25)33(37)45-27-21-43-32-28(22-44-31(27)32)46-34(38)24-11-15-26(16-12-24)40-18-6-8-20-42-30(36)4-2;1-3-14(17)21-10-4-5-11-22-16(19)23-13-8-6-12(7-9-13)15(18)20-2/h3,6-17,28-29,31-32H,1,4-5,18-21H2,2H3;3-4,9-16,27-28,31-32H,1-2,5-8,17-22H2;3,6-9H,1,4-5,10-11H2,2H3/t28-,29-,31+,32+;27-,28?,31+,32+;/m10./s1. The average Bonchev–Trinajstić information content (AvgIpc) is 1.65. The van der Waals surface area contributed by atoms with Crippen LogP contribution in [0.2, 0.25) is 0 Å². The van der Waals surface area contributed by atoms with Gasteiger partial charge in [0.1, 0.15) is 53.2 Å². The van der Waals surface area contributed by atoms with Gasteiger partial charge in [-0.2, -0.15) is 0 Å². The number of hydrogen-bond donors (Lipinski definition) is 0. The zero-order chi connectivity index (χ0) is 84.6. The summed E-state index contributed by atoms with van der Waals surface area (Å²) in [5.74, 6) is -3.46. The van der Waals surface area contributed by atoms with Crippen LogP contribution in [-0.4, -0.2) is 207 Å². The molecule has 10 rings (SSSR count). The Labute approximate surface area is 678 Å². The van der Waals surface area contributed by atoms with Crippen LogP contribution in [-0.2, 0) is 90.2 Å². The summed E-state index contributed by atoms with van der Waals surface area (Å²) in [4.78, 5) is 142. The summed E-state index contributed by atoms with van der Waals surface area (Å²) < 4.78 is 106. The first kappa shape index (κ1) is 90.5. The number of hydrogen-bond acceptors (Lipinski definition) is 32. The van der Waals surface area contributed by atoms with Crippen LogP contribution in [0.1, 0.15) is 119 Å². The molecule has 4 heterocycles. The highest BCUT2D eigenvalue weighted by Gasteiger charge is 2.53. The molecule has 0 amide bonds. The summed E-state index contributed by atoms with van der Waals surface area (Å²) in [5.41, 5.74) is 2.88. The zero-order valence-corrected chi connectivity index (χ0v) is 64.8. The van der Waals surface area contributed by atoms with Gasteiger partial charge in [-0.1, -0.05) is 44.0 Å². The minimum atomic E-state index is -0.920. The lowest BCUT2D eigenvalue weighted by Crippen LogP contribution is -2.36. The van der Waals surface area contributed by atoms with Gasteiger partial charge in [-0.15, -0.1) is 0 Å². The lowest BCUT2D eigenvalue weighted by molar-refractivity contribution is -0.138. The second kappa shape index (κ2) is 48.4. The van der Waals surface area contributed by atoms with E-state index in [2.05, 4.69) is 31.1 Å². The first-order valence-electron chi connectivity index (χ1n) is 37.4. The molecule has 0 aliphatic carbocycles. The van der Waals surface area contributed by atoms with Crippen LogP contribution in [0, 0.1) is 6.92 Å². The van der Waals surface area contributed by atoms with Crippen LogP contribution in [0.25, 0.3) is 0 Å². The van der Waals surface area contributed by atoms with Gasteiger partial charge in [0, 0.05) is 24.3 Å². The molecule has 0 radical (unpaired) electrons. The number of benzene rings is 6. The molecule has 4 aliphatic rings. The summed E-state index contributed by atoms with van der Waals surface area (Å²) >= 11 is 0. The lowest BCUT2D eigenvalue weighted by atomic mass is 10.1. The highest BCUT2D eigenvalue weighted by molar-refractivity contribution is 5.94. The molecule has 32 nitrogen and oxygen atoms in total. The third-order valence-corrected chi connectivity index (χ3v) is 17.3. The summed E-state index contributed by atoms with van der Waals surface area (Å²) in [6.45, 7) is 17.7. The molecule has 0 N–H and O–H groups in total. The fraction of sp³-hybridized carbons (Fsp3) is 0.349. The van der Waals surface area contributed by atoms with Crippen LogP contribution < -0.4 is 23.7 Å². The van der Waals surface area contributed by atoms with E-state index in [1.54, 1.807) is 60.7 Å². The van der Waals surface area contributed by atoms with Crippen molar-refractivity contribution in [2.24, 2.45) is 0 Å². The van der Waals surface area contributed by atoms with Crippen molar-refractivity contribution in [3.05, 3.63) is 235 Å². The fourth-order valence-electron chi connectivity index (χ4n) is 11.1. The normalized spacial score (nSPS) is 17.5. The molecule has 626 valence electrons. The smallest absolute Gasteiger partial charge is 0.494 e. The van der Waals surface area contributed by atoms with Gasteiger partial charge in [0.15, 0.2) is 24.4 Å². The number of carbonyl (C=O) groups is 12. The van der Waals surface area contributed by atoms with Gasteiger partial charge in [-0.25, -0.2) is 57.5 Å². The van der Waals surface area contributed by atoms with Gasteiger partial charge in [0.2, 0.25) is 0 Å². The number of methoxy groups -OCH3 is 1. The second-order valence-corrected chi connectivity index (χ2v) is 25.7. The predicted octanol–water partition coefficient (Wildman–Crippen LogP) is 11.3. The molecule has 32 heteroatoms. The fourth-order valence-corrected chi connectivity index (χ4v) is 11.1. The number of rotatable bonds is 39. The maximum atomic E-state index is 12.9. The topological polar surface area (TPSA) is 389 Å². The molecular formula is C86H90O32. The van der Waals surface area contributed by atoms with E-state index in [1.165, 1.54) is 79.9 Å². The minimum absolute atomic E-state index is 0.0736. The molecule has 0 saturated carbocycles. The Morgan fingerprint density at radius 1 is 0.297 bits per heavy atom. The largest absolute Gasteiger partial charge is 0.513 e. The Balaban J connectivity index is 0.000000235. The van der Waals surface area contributed by atoms with Gasteiger partial charge in [-0.05, 0) is 192 Å². The van der Waals surface area contributed by atoms with Crippen molar-refractivity contribution in [1.29, 1.82) is 0 Å². The van der Waals surface area contributed by atoms with Crippen molar-refractivity contribution in [1.82, 2.24) is 0 Å². The number of esters is 10. The van der Waals surface area contributed by atoms with Gasteiger partial charge in [-0.3, -0.25) is 0 Å². The Kier molecular flexibility index (Phi) is 37.1. The maximum Gasteiger partial charge on any atom is 0.513 e. The van der Waals surface area contributed by atoms with E-state index in [9.17, 15) is 57.5 Å². The van der Waals surface area contributed by atoms with Crippen LogP contribution >= 0.6 is 0 Å². The Morgan fingerprint density at radius 2 is 0.525 bits per heavy atom. The van der Waals surface area contributed by atoms with E-state index in [-0.39, 0.29) is 81.2 Å². The van der Waals surface area contributed by atoms with Gasteiger partial charge in [0.05, 0.1) is 120 Å². The molecule has 0 aromatic heterocycles. The molecular weight excluding hydrogens is 1540 g/mol. The van der Waals surface area contributed by atoms with E-state index in [4.69, 9.17) is 90.0 Å². The SMILES string of the molecule is C=CC(=O)OCCCCOC(=O)Oc1ccc(C(=O)OC)cc1.C=CC(=O)OCCCCOC(=O)Oc1ccc(C(=O)Oc2ccc(C(=O)O[C@@H]3CO[C@@H]4[C@H]3OC[C@H]4OC(=O)c3ccc(C)cc3)cc2)cc1.C=CC(=O)OCCCCOc1ccc(C(=O)OC2CO[C@@H]3[C@@H](OC(=O)c4ccc(OCCCCOC(=O)C=C)cc4)CO[C@H]23)cc1. The highest BCUT2D eigenvalue weighted by Crippen LogP contribution is 2.34. The molecule has 4 aliphatic heterocycles. The highest BCUT2D eigenvalue weighted by atomic mass is 16.7. The Morgan fingerprint density at radius 3 is 0.797 bits per heavy atom. The predicted molar refractivity (Wildman–Crippen MR) is 412 cm³/mol. The third-order valence-electron chi connectivity index (χ3n) is 17.3.